The van der Waals surface area contributed by atoms with Crippen LogP contribution in [0, 0.1) is 40.3 Å². The Bertz CT molecular complexity index is 1270. The molecule has 0 heterocycles. The molecule has 4 aliphatic carbocycles. The monoisotopic (exact) mass is 554 g/mol. The van der Waals surface area contributed by atoms with Crippen molar-refractivity contribution in [2.24, 2.45) is 34.5 Å². The van der Waals surface area contributed by atoms with Crippen LogP contribution in [-0.4, -0.2) is 20.6 Å². The number of halogens is 4. The van der Waals surface area contributed by atoms with Gasteiger partial charge >= 0.3 is 6.36 Å². The van der Waals surface area contributed by atoms with Crippen LogP contribution in [-0.2, 0) is 25.5 Å². The molecule has 6 atom stereocenters. The fourth-order valence-electron chi connectivity index (χ4n) is 8.30. The Hall–Kier alpha value is -2.00. The number of fused-ring (bicyclic) bond motifs is 5. The lowest BCUT2D eigenvalue weighted by molar-refractivity contribution is -0.271. The van der Waals surface area contributed by atoms with E-state index >= 15 is 0 Å². The van der Waals surface area contributed by atoms with Gasteiger partial charge in [-0.2, -0.15) is 12.6 Å². The van der Waals surface area contributed by atoms with E-state index in [1.54, 1.807) is 12.1 Å². The van der Waals surface area contributed by atoms with Crippen molar-refractivity contribution in [1.82, 2.24) is 0 Å². The maximum Gasteiger partial charge on any atom is 0.537 e. The maximum atomic E-state index is 13.4. The average molecular weight is 555 g/mol. The minimum absolute atomic E-state index is 0.00500. The molecule has 0 aliphatic heterocycles. The number of carbonyl (C=O) groups is 1. The molecule has 0 amide bonds. The number of carbonyl (C=O) groups excluding carboxylic acids is 1. The molecule has 9 heteroatoms. The van der Waals surface area contributed by atoms with Crippen molar-refractivity contribution >= 4 is 15.9 Å². The van der Waals surface area contributed by atoms with Gasteiger partial charge in [0.05, 0.1) is 4.91 Å². The van der Waals surface area contributed by atoms with Crippen molar-refractivity contribution in [3.63, 3.8) is 0 Å². The van der Waals surface area contributed by atoms with Crippen LogP contribution in [0.5, 0.6) is 0 Å². The summed E-state index contributed by atoms with van der Waals surface area (Å²) in [6, 6.07) is 6.29. The topological polar surface area (TPSA) is 60.4 Å². The first-order chi connectivity index (χ1) is 17.7. The highest BCUT2D eigenvalue weighted by Crippen LogP contribution is 2.66. The van der Waals surface area contributed by atoms with Crippen LogP contribution in [0.25, 0.3) is 0 Å². The van der Waals surface area contributed by atoms with Crippen LogP contribution in [0.15, 0.2) is 46.9 Å². The summed E-state index contributed by atoms with van der Waals surface area (Å²) in [6.07, 6.45) is 4.05. The molecule has 0 radical (unpaired) electrons. The van der Waals surface area contributed by atoms with Crippen LogP contribution < -0.4 is 0 Å². The molecule has 2 fully saturated rings. The molecule has 208 valence electrons. The van der Waals surface area contributed by atoms with Gasteiger partial charge in [0.1, 0.15) is 11.6 Å². The number of benzene rings is 1. The summed E-state index contributed by atoms with van der Waals surface area (Å²) in [5.41, 5.74) is 1.34. The highest BCUT2D eigenvalue weighted by Gasteiger charge is 2.59. The smallest absolute Gasteiger partial charge is 0.299 e. The SMILES string of the molecule is C[C@]12CC[C@H]3[C@@H](CC=C4C=C(S(=O)(=O)OC(F)(F)F)CC[C@@]43C)[C@@H]1CC[C@@H]2C(=O)CCc1ccc(F)cc1. The van der Waals surface area contributed by atoms with Crippen molar-refractivity contribution in [2.45, 2.75) is 78.0 Å². The number of ketones is 1. The molecule has 0 unspecified atom stereocenters. The van der Waals surface area contributed by atoms with Gasteiger partial charge in [-0.3, -0.25) is 4.79 Å². The van der Waals surface area contributed by atoms with Crippen molar-refractivity contribution in [3.8, 4) is 0 Å². The predicted molar refractivity (Wildman–Crippen MR) is 134 cm³/mol. The van der Waals surface area contributed by atoms with Gasteiger partial charge in [-0.05, 0) is 109 Å². The Kier molecular flexibility index (Phi) is 6.95. The van der Waals surface area contributed by atoms with E-state index in [9.17, 15) is 30.8 Å². The van der Waals surface area contributed by atoms with Gasteiger partial charge in [0, 0.05) is 12.3 Å². The summed E-state index contributed by atoms with van der Waals surface area (Å²) in [5, 5.41) is 0. The third-order valence-corrected chi connectivity index (χ3v) is 11.6. The van der Waals surface area contributed by atoms with E-state index in [2.05, 4.69) is 18.0 Å². The molecule has 0 spiro atoms. The molecule has 0 aromatic heterocycles. The lowest BCUT2D eigenvalue weighted by atomic mass is 9.48. The van der Waals surface area contributed by atoms with E-state index in [1.165, 1.54) is 18.2 Å². The van der Waals surface area contributed by atoms with Crippen molar-refractivity contribution in [2.75, 3.05) is 0 Å². The van der Waals surface area contributed by atoms with Crippen molar-refractivity contribution in [1.29, 1.82) is 0 Å². The molecular formula is C29H34F4O4S. The number of rotatable bonds is 6. The number of aryl methyl sites for hydroxylation is 1. The van der Waals surface area contributed by atoms with Gasteiger partial charge in [-0.25, -0.2) is 4.39 Å². The molecule has 1 aromatic carbocycles. The predicted octanol–water partition coefficient (Wildman–Crippen LogP) is 7.27. The van der Waals surface area contributed by atoms with Gasteiger partial charge in [0.25, 0.3) is 10.1 Å². The van der Waals surface area contributed by atoms with Crippen LogP contribution in [0.3, 0.4) is 0 Å². The second-order valence-corrected chi connectivity index (χ2v) is 13.6. The minimum atomic E-state index is -5.25. The van der Waals surface area contributed by atoms with E-state index in [0.717, 1.165) is 43.2 Å². The number of Topliss-reactive ketones (excluding diaryl/α,β-unsaturated/α-hetero) is 1. The van der Waals surface area contributed by atoms with Crippen LogP contribution >= 0.6 is 0 Å². The Morgan fingerprint density at radius 1 is 1.05 bits per heavy atom. The van der Waals surface area contributed by atoms with Crippen LogP contribution in [0.2, 0.25) is 0 Å². The first-order valence-corrected chi connectivity index (χ1v) is 14.8. The summed E-state index contributed by atoms with van der Waals surface area (Å²) < 4.78 is 79.1. The zero-order chi connectivity index (χ0) is 27.5. The van der Waals surface area contributed by atoms with E-state index in [-0.39, 0.29) is 45.6 Å². The van der Waals surface area contributed by atoms with E-state index < -0.39 is 16.5 Å². The first kappa shape index (κ1) is 27.6. The Morgan fingerprint density at radius 2 is 1.76 bits per heavy atom. The molecule has 38 heavy (non-hydrogen) atoms. The van der Waals surface area contributed by atoms with E-state index in [0.29, 0.717) is 31.1 Å². The zero-order valence-electron chi connectivity index (χ0n) is 21.7. The minimum Gasteiger partial charge on any atom is -0.299 e. The quantitative estimate of drug-likeness (QED) is 0.274. The molecule has 1 aromatic rings. The largest absolute Gasteiger partial charge is 0.537 e. The van der Waals surface area contributed by atoms with Gasteiger partial charge in [0.15, 0.2) is 0 Å². The summed E-state index contributed by atoms with van der Waals surface area (Å²) in [7, 11) is -4.88. The van der Waals surface area contributed by atoms with Crippen molar-refractivity contribution < 1.29 is 35.0 Å². The lowest BCUT2D eigenvalue weighted by Crippen LogP contribution is -2.50. The maximum absolute atomic E-state index is 13.4. The van der Waals surface area contributed by atoms with E-state index in [4.69, 9.17) is 0 Å². The molecule has 4 nitrogen and oxygen atoms in total. The zero-order valence-corrected chi connectivity index (χ0v) is 22.5. The summed E-state index contributed by atoms with van der Waals surface area (Å²) in [4.78, 5) is 13.1. The molecule has 0 N–H and O–H groups in total. The Labute approximate surface area is 221 Å². The van der Waals surface area contributed by atoms with Crippen LogP contribution in [0.1, 0.15) is 70.8 Å². The molecule has 5 rings (SSSR count). The second kappa shape index (κ2) is 9.58. The van der Waals surface area contributed by atoms with E-state index in [1.807, 2.05) is 6.08 Å². The second-order valence-electron chi connectivity index (χ2n) is 12.1. The van der Waals surface area contributed by atoms with Gasteiger partial charge in [-0.1, -0.05) is 32.1 Å². The highest BCUT2D eigenvalue weighted by atomic mass is 32.2. The molecular weight excluding hydrogens is 520 g/mol. The fraction of sp³-hybridized carbons (Fsp3) is 0.621. The third kappa shape index (κ3) is 4.89. The molecule has 0 saturated heterocycles. The standard InChI is InChI=1S/C29H34F4O4S/c1-27-15-13-21(38(35,36)37-29(31,32)33)17-19(27)6-9-22-23-10-11-25(28(23,2)16-14-24(22)27)26(34)12-5-18-3-7-20(30)8-4-18/h3-4,6-8,17,22-25H,5,9-16H2,1-2H3/t22-,23-,24-,25+,27-,28-/m0/s1. The number of alkyl halides is 3. The van der Waals surface area contributed by atoms with Gasteiger partial charge in [0.2, 0.25) is 0 Å². The summed E-state index contributed by atoms with van der Waals surface area (Å²) >= 11 is 0. The third-order valence-electron chi connectivity index (χ3n) is 10.2. The number of hydrogen-bond donors (Lipinski definition) is 0. The molecule has 2 saturated carbocycles. The molecule has 4 aliphatic rings. The normalized spacial score (nSPS) is 35.0. The highest BCUT2D eigenvalue weighted by molar-refractivity contribution is 7.90. The first-order valence-electron chi connectivity index (χ1n) is 13.4. The van der Waals surface area contributed by atoms with Gasteiger partial charge < -0.3 is 0 Å². The Balaban J connectivity index is 1.32. The summed E-state index contributed by atoms with van der Waals surface area (Å²) in [5.74, 6) is 0.999. The summed E-state index contributed by atoms with van der Waals surface area (Å²) in [6.45, 7) is 4.37. The van der Waals surface area contributed by atoms with Crippen molar-refractivity contribution in [3.05, 3.63) is 58.3 Å². The van der Waals surface area contributed by atoms with Gasteiger partial charge in [-0.15, -0.1) is 13.2 Å². The lowest BCUT2D eigenvalue weighted by Gasteiger charge is -2.57. The number of allylic oxidation sites excluding steroid dienone is 4. The average Bonchev–Trinajstić information content (AvgIpc) is 3.18. The van der Waals surface area contributed by atoms with Crippen LogP contribution in [0.4, 0.5) is 17.6 Å². The number of hydrogen-bond acceptors (Lipinski definition) is 4. The molecule has 0 bridgehead atoms. The Morgan fingerprint density at radius 3 is 2.45 bits per heavy atom. The fourth-order valence-corrected chi connectivity index (χ4v) is 9.28.